The lowest BCUT2D eigenvalue weighted by atomic mass is 10.2. The van der Waals surface area contributed by atoms with Crippen LogP contribution in [0.2, 0.25) is 0 Å². The zero-order valence-electron chi connectivity index (χ0n) is 10.8. The van der Waals surface area contributed by atoms with Crippen LogP contribution < -0.4 is 10.5 Å². The first-order valence-corrected chi connectivity index (χ1v) is 6.88. The maximum atomic E-state index is 11.9. The van der Waals surface area contributed by atoms with Gasteiger partial charge < -0.3 is 9.15 Å². The Morgan fingerprint density at radius 2 is 1.95 bits per heavy atom. The van der Waals surface area contributed by atoms with E-state index in [4.69, 9.17) is 9.15 Å². The molecule has 2 aromatic carbocycles. The first-order chi connectivity index (χ1) is 9.67. The predicted octanol–water partition coefficient (Wildman–Crippen LogP) is 3.41. The number of rotatable bonds is 3. The molecule has 0 radical (unpaired) electrons. The summed E-state index contributed by atoms with van der Waals surface area (Å²) in [4.78, 5) is 11.9. The molecule has 1 aromatic heterocycles. The Hall–Kier alpha value is -2.01. The Morgan fingerprint density at radius 3 is 2.65 bits per heavy atom. The first kappa shape index (κ1) is 13.0. The topological polar surface area (TPSA) is 44.4 Å². The van der Waals surface area contributed by atoms with Crippen LogP contribution in [0.4, 0.5) is 0 Å². The molecular weight excluding hydrogens is 322 g/mol. The number of hydrogen-bond acceptors (Lipinski definition) is 3. The molecule has 0 spiro atoms. The van der Waals surface area contributed by atoms with Gasteiger partial charge in [0.2, 0.25) is 0 Å². The third kappa shape index (κ3) is 2.36. The minimum absolute atomic E-state index is 0.353. The monoisotopic (exact) mass is 333 g/mol. The van der Waals surface area contributed by atoms with Crippen LogP contribution in [0.15, 0.2) is 56.1 Å². The molecule has 0 N–H and O–H groups in total. The molecule has 3 rings (SSSR count). The maximum absolute atomic E-state index is 11.9. The number of benzene rings is 2. The molecular formula is C15H12BrNO3. The van der Waals surface area contributed by atoms with Gasteiger partial charge in [0.15, 0.2) is 5.58 Å². The first-order valence-electron chi connectivity index (χ1n) is 6.09. The van der Waals surface area contributed by atoms with Crippen LogP contribution in [0.25, 0.3) is 11.1 Å². The van der Waals surface area contributed by atoms with Gasteiger partial charge in [-0.1, -0.05) is 28.1 Å². The minimum Gasteiger partial charge on any atom is -0.497 e. The van der Waals surface area contributed by atoms with E-state index in [2.05, 4.69) is 15.9 Å². The molecule has 0 saturated heterocycles. The van der Waals surface area contributed by atoms with Crippen LogP contribution in [-0.2, 0) is 6.54 Å². The second kappa shape index (κ2) is 5.17. The van der Waals surface area contributed by atoms with Crippen molar-refractivity contribution in [1.29, 1.82) is 0 Å². The molecule has 0 saturated carbocycles. The molecule has 0 unspecified atom stereocenters. The number of aromatic nitrogens is 1. The van der Waals surface area contributed by atoms with Gasteiger partial charge in [-0.2, -0.15) is 0 Å². The number of methoxy groups -OCH3 is 1. The summed E-state index contributed by atoms with van der Waals surface area (Å²) in [6.45, 7) is 0.465. The third-order valence-corrected chi connectivity index (χ3v) is 3.62. The van der Waals surface area contributed by atoms with E-state index in [0.29, 0.717) is 12.1 Å². The van der Waals surface area contributed by atoms with Gasteiger partial charge in [-0.05, 0) is 35.9 Å². The highest BCUT2D eigenvalue weighted by Gasteiger charge is 2.10. The molecule has 4 nitrogen and oxygen atoms in total. The second-order valence-electron chi connectivity index (χ2n) is 4.41. The molecule has 1 heterocycles. The number of oxazole rings is 1. The number of fused-ring (bicyclic) bond motifs is 1. The molecule has 0 fully saturated rings. The van der Waals surface area contributed by atoms with E-state index in [1.807, 2.05) is 36.4 Å². The standard InChI is InChI=1S/C15H12BrNO3/c1-19-12-5-2-10(3-6-12)9-17-13-8-11(16)4-7-14(13)20-15(17)18/h2-8H,9H2,1H3. The molecule has 5 heteroatoms. The highest BCUT2D eigenvalue weighted by atomic mass is 79.9. The summed E-state index contributed by atoms with van der Waals surface area (Å²) >= 11 is 3.41. The van der Waals surface area contributed by atoms with Gasteiger partial charge in [0.25, 0.3) is 0 Å². The molecule has 0 aliphatic carbocycles. The zero-order chi connectivity index (χ0) is 14.1. The van der Waals surface area contributed by atoms with E-state index in [1.54, 1.807) is 17.7 Å². The summed E-state index contributed by atoms with van der Waals surface area (Å²) in [5, 5.41) is 0. The van der Waals surface area contributed by atoms with Crippen LogP contribution in [0, 0.1) is 0 Å². The van der Waals surface area contributed by atoms with Crippen molar-refractivity contribution in [3.63, 3.8) is 0 Å². The Bertz CT molecular complexity index is 802. The predicted molar refractivity (Wildman–Crippen MR) is 80.3 cm³/mol. The molecule has 0 amide bonds. The van der Waals surface area contributed by atoms with Crippen molar-refractivity contribution >= 4 is 27.0 Å². The molecule has 102 valence electrons. The van der Waals surface area contributed by atoms with Crippen LogP contribution in [0.5, 0.6) is 5.75 Å². The lowest BCUT2D eigenvalue weighted by Crippen LogP contribution is -2.14. The third-order valence-electron chi connectivity index (χ3n) is 3.13. The van der Waals surface area contributed by atoms with Crippen LogP contribution in [-0.4, -0.2) is 11.7 Å². The fourth-order valence-corrected chi connectivity index (χ4v) is 2.45. The molecule has 0 aliphatic heterocycles. The number of ether oxygens (including phenoxy) is 1. The second-order valence-corrected chi connectivity index (χ2v) is 5.33. The van der Waals surface area contributed by atoms with Crippen LogP contribution in [0.1, 0.15) is 5.56 Å². The van der Waals surface area contributed by atoms with E-state index >= 15 is 0 Å². The van der Waals surface area contributed by atoms with E-state index in [9.17, 15) is 4.79 Å². The smallest absolute Gasteiger partial charge is 0.420 e. The van der Waals surface area contributed by atoms with E-state index in [0.717, 1.165) is 21.3 Å². The Morgan fingerprint density at radius 1 is 1.20 bits per heavy atom. The number of hydrogen-bond donors (Lipinski definition) is 0. The maximum Gasteiger partial charge on any atom is 0.420 e. The lowest BCUT2D eigenvalue weighted by Gasteiger charge is -2.04. The summed E-state index contributed by atoms with van der Waals surface area (Å²) in [6.07, 6.45) is 0. The molecule has 20 heavy (non-hydrogen) atoms. The fourth-order valence-electron chi connectivity index (χ4n) is 2.10. The Kier molecular flexibility index (Phi) is 3.36. The average molecular weight is 334 g/mol. The number of nitrogens with zero attached hydrogens (tertiary/aromatic N) is 1. The van der Waals surface area contributed by atoms with Gasteiger partial charge >= 0.3 is 5.76 Å². The Balaban J connectivity index is 2.03. The molecule has 0 aliphatic rings. The normalized spacial score (nSPS) is 10.9. The lowest BCUT2D eigenvalue weighted by molar-refractivity contribution is 0.414. The molecule has 0 bridgehead atoms. The highest BCUT2D eigenvalue weighted by molar-refractivity contribution is 9.10. The van der Waals surface area contributed by atoms with Gasteiger partial charge in [-0.3, -0.25) is 4.57 Å². The molecule has 0 atom stereocenters. The highest BCUT2D eigenvalue weighted by Crippen LogP contribution is 2.20. The van der Waals surface area contributed by atoms with Crippen molar-refractivity contribution < 1.29 is 9.15 Å². The summed E-state index contributed by atoms with van der Waals surface area (Å²) < 4.78 is 12.9. The fraction of sp³-hybridized carbons (Fsp3) is 0.133. The summed E-state index contributed by atoms with van der Waals surface area (Å²) in [6, 6.07) is 13.1. The van der Waals surface area contributed by atoms with Crippen molar-refractivity contribution in [2.24, 2.45) is 0 Å². The van der Waals surface area contributed by atoms with Gasteiger partial charge in [-0.15, -0.1) is 0 Å². The van der Waals surface area contributed by atoms with Gasteiger partial charge in [-0.25, -0.2) is 4.79 Å². The van der Waals surface area contributed by atoms with Gasteiger partial charge in [0.1, 0.15) is 5.75 Å². The van der Waals surface area contributed by atoms with E-state index < -0.39 is 0 Å². The SMILES string of the molecule is COc1ccc(Cn2c(=O)oc3ccc(Br)cc32)cc1. The average Bonchev–Trinajstić information content (AvgIpc) is 2.76. The van der Waals surface area contributed by atoms with E-state index in [-0.39, 0.29) is 5.76 Å². The Labute approximate surface area is 123 Å². The van der Waals surface area contributed by atoms with Gasteiger partial charge in [0, 0.05) is 4.47 Å². The largest absolute Gasteiger partial charge is 0.497 e. The number of halogens is 1. The van der Waals surface area contributed by atoms with Crippen molar-refractivity contribution in [2.75, 3.05) is 7.11 Å². The van der Waals surface area contributed by atoms with Gasteiger partial charge in [0.05, 0.1) is 19.2 Å². The van der Waals surface area contributed by atoms with Crippen molar-refractivity contribution in [3.8, 4) is 5.75 Å². The summed E-state index contributed by atoms with van der Waals surface area (Å²) in [7, 11) is 1.63. The van der Waals surface area contributed by atoms with Crippen LogP contribution >= 0.6 is 15.9 Å². The van der Waals surface area contributed by atoms with E-state index in [1.165, 1.54) is 0 Å². The summed E-state index contributed by atoms with van der Waals surface area (Å²) in [5.74, 6) is 0.440. The van der Waals surface area contributed by atoms with Crippen molar-refractivity contribution in [3.05, 3.63) is 63.1 Å². The summed E-state index contributed by atoms with van der Waals surface area (Å²) in [5.41, 5.74) is 2.38. The molecule has 3 aromatic rings. The van der Waals surface area contributed by atoms with Crippen molar-refractivity contribution in [1.82, 2.24) is 4.57 Å². The van der Waals surface area contributed by atoms with Crippen molar-refractivity contribution in [2.45, 2.75) is 6.54 Å². The quantitative estimate of drug-likeness (QED) is 0.737. The van der Waals surface area contributed by atoms with Crippen LogP contribution in [0.3, 0.4) is 0 Å². The minimum atomic E-state index is -0.353. The zero-order valence-corrected chi connectivity index (χ0v) is 12.4.